The molecular formula is C13H21N3O2. The van der Waals surface area contributed by atoms with Crippen molar-refractivity contribution in [2.45, 2.75) is 31.7 Å². The molecule has 0 saturated heterocycles. The van der Waals surface area contributed by atoms with Crippen molar-refractivity contribution in [1.82, 2.24) is 4.98 Å². The number of hydrogen-bond acceptors (Lipinski definition) is 5. The minimum absolute atomic E-state index is 0.188. The highest BCUT2D eigenvalue weighted by Gasteiger charge is 2.27. The second kappa shape index (κ2) is 5.91. The van der Waals surface area contributed by atoms with Crippen LogP contribution in [0.4, 0.5) is 11.5 Å². The summed E-state index contributed by atoms with van der Waals surface area (Å²) < 4.78 is 5.15. The van der Waals surface area contributed by atoms with Gasteiger partial charge in [0.2, 0.25) is 5.88 Å². The number of anilines is 2. The van der Waals surface area contributed by atoms with E-state index in [0.29, 0.717) is 17.6 Å². The lowest BCUT2D eigenvalue weighted by molar-refractivity contribution is 0.282. The zero-order chi connectivity index (χ0) is 13.0. The Hall–Kier alpha value is -1.49. The van der Waals surface area contributed by atoms with Gasteiger partial charge in [0, 0.05) is 25.3 Å². The van der Waals surface area contributed by atoms with Gasteiger partial charge in [-0.15, -0.1) is 0 Å². The zero-order valence-corrected chi connectivity index (χ0v) is 10.8. The fourth-order valence-corrected chi connectivity index (χ4v) is 2.19. The van der Waals surface area contributed by atoms with Crippen molar-refractivity contribution in [1.29, 1.82) is 0 Å². The first kappa shape index (κ1) is 13.0. The van der Waals surface area contributed by atoms with Crippen LogP contribution in [0, 0.1) is 0 Å². The van der Waals surface area contributed by atoms with E-state index in [9.17, 15) is 0 Å². The van der Waals surface area contributed by atoms with Gasteiger partial charge >= 0.3 is 0 Å². The molecule has 1 heterocycles. The summed E-state index contributed by atoms with van der Waals surface area (Å²) in [6, 6.07) is 4.09. The number of nitrogens with zero attached hydrogens (tertiary/aromatic N) is 2. The number of ether oxygens (including phenoxy) is 1. The number of nitrogens with two attached hydrogens (primary N) is 1. The first-order valence-corrected chi connectivity index (χ1v) is 6.44. The van der Waals surface area contributed by atoms with Crippen LogP contribution in [0.25, 0.3) is 0 Å². The molecule has 1 aromatic heterocycles. The highest BCUT2D eigenvalue weighted by atomic mass is 16.5. The van der Waals surface area contributed by atoms with Gasteiger partial charge in [-0.25, -0.2) is 0 Å². The second-order valence-electron chi connectivity index (χ2n) is 4.62. The minimum atomic E-state index is 0.188. The molecule has 1 aliphatic carbocycles. The average molecular weight is 251 g/mol. The van der Waals surface area contributed by atoms with E-state index in [1.165, 1.54) is 19.3 Å². The summed E-state index contributed by atoms with van der Waals surface area (Å²) in [6.45, 7) is 0.971. The van der Waals surface area contributed by atoms with Gasteiger partial charge in [-0.3, -0.25) is 0 Å². The monoisotopic (exact) mass is 251 g/mol. The van der Waals surface area contributed by atoms with Crippen molar-refractivity contribution in [3.05, 3.63) is 12.1 Å². The van der Waals surface area contributed by atoms with Crippen molar-refractivity contribution >= 4 is 11.5 Å². The topological polar surface area (TPSA) is 71.6 Å². The molecule has 5 heteroatoms. The molecule has 5 nitrogen and oxygen atoms in total. The predicted molar refractivity (Wildman–Crippen MR) is 71.9 cm³/mol. The number of nitrogen functional groups attached to an aromatic ring is 1. The summed E-state index contributed by atoms with van der Waals surface area (Å²) >= 11 is 0. The molecule has 0 atom stereocenters. The van der Waals surface area contributed by atoms with Crippen molar-refractivity contribution in [3.8, 4) is 5.88 Å². The van der Waals surface area contributed by atoms with Crippen LogP contribution in [-0.4, -0.2) is 36.4 Å². The zero-order valence-electron chi connectivity index (χ0n) is 10.8. The Morgan fingerprint density at radius 3 is 2.83 bits per heavy atom. The van der Waals surface area contributed by atoms with Crippen molar-refractivity contribution < 1.29 is 9.84 Å². The molecule has 0 aromatic carbocycles. The molecule has 1 fully saturated rings. The first-order valence-electron chi connectivity index (χ1n) is 6.44. The molecule has 0 unspecified atom stereocenters. The van der Waals surface area contributed by atoms with Crippen molar-refractivity contribution in [2.24, 2.45) is 0 Å². The first-order chi connectivity index (χ1) is 8.76. The molecule has 100 valence electrons. The Morgan fingerprint density at radius 2 is 2.28 bits per heavy atom. The van der Waals surface area contributed by atoms with Gasteiger partial charge in [-0.05, 0) is 31.7 Å². The standard InChI is InChI=1S/C13H21N3O2/c1-18-12-7-6-11(14)13(15-12)16(8-3-9-17)10-4-2-5-10/h6-7,10,17H,2-5,8-9,14H2,1H3. The maximum Gasteiger partial charge on any atom is 0.215 e. The van der Waals surface area contributed by atoms with Crippen LogP contribution in [0.15, 0.2) is 12.1 Å². The quantitative estimate of drug-likeness (QED) is 0.800. The van der Waals surface area contributed by atoms with Crippen LogP contribution < -0.4 is 15.4 Å². The van der Waals surface area contributed by atoms with Crippen LogP contribution in [0.1, 0.15) is 25.7 Å². The SMILES string of the molecule is COc1ccc(N)c(N(CCCO)C2CCC2)n1. The molecule has 3 N–H and O–H groups in total. The second-order valence-corrected chi connectivity index (χ2v) is 4.62. The van der Waals surface area contributed by atoms with E-state index in [-0.39, 0.29) is 6.61 Å². The maximum absolute atomic E-state index is 9.00. The lowest BCUT2D eigenvalue weighted by Crippen LogP contribution is -2.42. The number of aromatic nitrogens is 1. The van der Waals surface area contributed by atoms with Gasteiger partial charge in [0.1, 0.15) is 0 Å². The van der Waals surface area contributed by atoms with E-state index in [2.05, 4.69) is 9.88 Å². The summed E-state index contributed by atoms with van der Waals surface area (Å²) in [5.41, 5.74) is 6.68. The molecule has 2 rings (SSSR count). The van der Waals surface area contributed by atoms with E-state index < -0.39 is 0 Å². The third kappa shape index (κ3) is 2.67. The molecule has 0 radical (unpaired) electrons. The Kier molecular flexibility index (Phi) is 4.25. The van der Waals surface area contributed by atoms with Crippen LogP contribution in [0.3, 0.4) is 0 Å². The van der Waals surface area contributed by atoms with E-state index in [1.807, 2.05) is 6.07 Å². The number of hydrogen-bond donors (Lipinski definition) is 2. The molecule has 1 aliphatic rings. The van der Waals surface area contributed by atoms with Crippen LogP contribution in [0.2, 0.25) is 0 Å². The van der Waals surface area contributed by atoms with E-state index in [4.69, 9.17) is 15.6 Å². The Labute approximate surface area is 108 Å². The molecule has 1 aromatic rings. The molecular weight excluding hydrogens is 230 g/mol. The molecule has 1 saturated carbocycles. The minimum Gasteiger partial charge on any atom is -0.481 e. The number of methoxy groups -OCH3 is 1. The van der Waals surface area contributed by atoms with E-state index in [1.54, 1.807) is 13.2 Å². The highest BCUT2D eigenvalue weighted by molar-refractivity contribution is 5.64. The summed E-state index contributed by atoms with van der Waals surface area (Å²) in [5, 5.41) is 9.00. The van der Waals surface area contributed by atoms with Crippen LogP contribution in [-0.2, 0) is 0 Å². The number of pyridine rings is 1. The van der Waals surface area contributed by atoms with Gasteiger partial charge in [-0.1, -0.05) is 0 Å². The maximum atomic E-state index is 9.00. The highest BCUT2D eigenvalue weighted by Crippen LogP contribution is 2.32. The summed E-state index contributed by atoms with van der Waals surface area (Å²) in [5.74, 6) is 1.36. The van der Waals surface area contributed by atoms with E-state index in [0.717, 1.165) is 18.8 Å². The Balaban J connectivity index is 2.22. The Morgan fingerprint density at radius 1 is 1.50 bits per heavy atom. The van der Waals surface area contributed by atoms with Gasteiger partial charge < -0.3 is 20.5 Å². The van der Waals surface area contributed by atoms with E-state index >= 15 is 0 Å². The summed E-state index contributed by atoms with van der Waals surface area (Å²) in [7, 11) is 1.60. The molecule has 0 aliphatic heterocycles. The largest absolute Gasteiger partial charge is 0.481 e. The predicted octanol–water partition coefficient (Wildman–Crippen LogP) is 1.41. The van der Waals surface area contributed by atoms with Crippen molar-refractivity contribution in [3.63, 3.8) is 0 Å². The van der Waals surface area contributed by atoms with Crippen LogP contribution >= 0.6 is 0 Å². The molecule has 0 amide bonds. The third-order valence-electron chi connectivity index (χ3n) is 3.43. The fourth-order valence-electron chi connectivity index (χ4n) is 2.19. The normalized spacial score (nSPS) is 15.2. The van der Waals surface area contributed by atoms with Gasteiger partial charge in [0.25, 0.3) is 0 Å². The lowest BCUT2D eigenvalue weighted by atomic mass is 9.91. The molecule has 18 heavy (non-hydrogen) atoms. The third-order valence-corrected chi connectivity index (χ3v) is 3.43. The fraction of sp³-hybridized carbons (Fsp3) is 0.615. The van der Waals surface area contributed by atoms with Gasteiger partial charge in [-0.2, -0.15) is 4.98 Å². The summed E-state index contributed by atoms with van der Waals surface area (Å²) in [4.78, 5) is 6.65. The summed E-state index contributed by atoms with van der Waals surface area (Å²) in [6.07, 6.45) is 4.33. The lowest BCUT2D eigenvalue weighted by Gasteiger charge is -2.39. The van der Waals surface area contributed by atoms with Gasteiger partial charge in [0.15, 0.2) is 5.82 Å². The Bertz CT molecular complexity index is 394. The smallest absolute Gasteiger partial charge is 0.215 e. The average Bonchev–Trinajstić information content (AvgIpc) is 2.33. The number of aliphatic hydroxyl groups excluding tert-OH is 1. The van der Waals surface area contributed by atoms with Gasteiger partial charge in [0.05, 0.1) is 12.8 Å². The van der Waals surface area contributed by atoms with Crippen LogP contribution in [0.5, 0.6) is 5.88 Å². The molecule has 0 spiro atoms. The number of aliphatic hydroxyl groups is 1. The van der Waals surface area contributed by atoms with Crippen molar-refractivity contribution in [2.75, 3.05) is 30.9 Å². The molecule has 0 bridgehead atoms. The number of rotatable bonds is 6.